The zero-order chi connectivity index (χ0) is 13.0. The van der Waals surface area contributed by atoms with E-state index >= 15 is 0 Å². The van der Waals surface area contributed by atoms with Gasteiger partial charge in [0.25, 0.3) is 0 Å². The van der Waals surface area contributed by atoms with Gasteiger partial charge in [0.2, 0.25) is 0 Å². The van der Waals surface area contributed by atoms with Crippen LogP contribution < -0.4 is 10.5 Å². The summed E-state index contributed by atoms with van der Waals surface area (Å²) in [4.78, 5) is 2.35. The highest BCUT2D eigenvalue weighted by atomic mass is 32.2. The summed E-state index contributed by atoms with van der Waals surface area (Å²) in [6.45, 7) is 1.98. The molecule has 0 aliphatic heterocycles. The smallest absolute Gasteiger partial charge is 0.124 e. The number of benzene rings is 2. The summed E-state index contributed by atoms with van der Waals surface area (Å²) in [6.07, 6.45) is 0. The average Bonchev–Trinajstić information content (AvgIpc) is 2.39. The summed E-state index contributed by atoms with van der Waals surface area (Å²) >= 11 is 1.71. The topological polar surface area (TPSA) is 35.2 Å². The van der Waals surface area contributed by atoms with Gasteiger partial charge in [0.05, 0.1) is 7.11 Å². The summed E-state index contributed by atoms with van der Waals surface area (Å²) < 4.78 is 5.39. The van der Waals surface area contributed by atoms with E-state index in [1.165, 1.54) is 4.90 Å². The fourth-order valence-corrected chi connectivity index (χ4v) is 2.95. The highest BCUT2D eigenvalue weighted by Crippen LogP contribution is 2.37. The van der Waals surface area contributed by atoms with Crippen LogP contribution in [0.1, 0.15) is 18.5 Å². The van der Waals surface area contributed by atoms with Crippen molar-refractivity contribution < 1.29 is 4.74 Å². The minimum atomic E-state index is -0.0487. The highest BCUT2D eigenvalue weighted by Gasteiger charge is 2.13. The van der Waals surface area contributed by atoms with E-state index in [2.05, 4.69) is 18.2 Å². The van der Waals surface area contributed by atoms with E-state index in [0.717, 1.165) is 16.2 Å². The first-order valence-electron chi connectivity index (χ1n) is 5.87. The fraction of sp³-hybridized carbons (Fsp3) is 0.200. The van der Waals surface area contributed by atoms with Crippen molar-refractivity contribution in [3.8, 4) is 5.75 Å². The summed E-state index contributed by atoms with van der Waals surface area (Å²) in [5.74, 6) is 0.853. The van der Waals surface area contributed by atoms with Gasteiger partial charge in [0.1, 0.15) is 5.75 Å². The van der Waals surface area contributed by atoms with E-state index < -0.39 is 0 Å². The van der Waals surface area contributed by atoms with Crippen molar-refractivity contribution in [2.45, 2.75) is 22.8 Å². The second-order valence-corrected chi connectivity index (χ2v) is 5.19. The zero-order valence-corrected chi connectivity index (χ0v) is 11.4. The normalized spacial score (nSPS) is 12.2. The molecule has 2 nitrogen and oxygen atoms in total. The average molecular weight is 259 g/mol. The van der Waals surface area contributed by atoms with Crippen molar-refractivity contribution in [3.63, 3.8) is 0 Å². The Hall–Kier alpha value is -1.45. The predicted molar refractivity (Wildman–Crippen MR) is 76.2 cm³/mol. The van der Waals surface area contributed by atoms with Crippen LogP contribution in [0.3, 0.4) is 0 Å². The minimum absolute atomic E-state index is 0.0487. The first-order chi connectivity index (χ1) is 8.72. The second-order valence-electron chi connectivity index (χ2n) is 4.08. The van der Waals surface area contributed by atoms with Crippen molar-refractivity contribution in [3.05, 3.63) is 54.1 Å². The molecule has 0 spiro atoms. The van der Waals surface area contributed by atoms with Crippen LogP contribution in [0.4, 0.5) is 0 Å². The maximum absolute atomic E-state index is 6.05. The first-order valence-corrected chi connectivity index (χ1v) is 6.69. The van der Waals surface area contributed by atoms with Crippen molar-refractivity contribution in [2.75, 3.05) is 7.11 Å². The molecule has 3 heteroatoms. The van der Waals surface area contributed by atoms with Gasteiger partial charge >= 0.3 is 0 Å². The number of rotatable bonds is 4. The molecule has 0 aliphatic rings. The molecular formula is C15H17NOS. The lowest BCUT2D eigenvalue weighted by Crippen LogP contribution is -2.08. The number of hydrogen-bond acceptors (Lipinski definition) is 3. The van der Waals surface area contributed by atoms with Gasteiger partial charge in [0, 0.05) is 21.4 Å². The van der Waals surface area contributed by atoms with Crippen LogP contribution in [0.15, 0.2) is 58.3 Å². The molecule has 0 saturated carbocycles. The fourth-order valence-electron chi connectivity index (χ4n) is 1.86. The maximum atomic E-state index is 6.05. The quantitative estimate of drug-likeness (QED) is 0.905. The lowest BCUT2D eigenvalue weighted by molar-refractivity contribution is 0.405. The number of nitrogens with two attached hydrogens (primary N) is 1. The molecule has 0 amide bonds. The Bertz CT molecular complexity index is 511. The van der Waals surface area contributed by atoms with E-state index in [1.54, 1.807) is 18.9 Å². The van der Waals surface area contributed by atoms with Crippen LogP contribution in [0, 0.1) is 0 Å². The largest absolute Gasteiger partial charge is 0.496 e. The molecule has 1 atom stereocenters. The lowest BCUT2D eigenvalue weighted by Gasteiger charge is -2.16. The van der Waals surface area contributed by atoms with Gasteiger partial charge in [-0.3, -0.25) is 0 Å². The van der Waals surface area contributed by atoms with Gasteiger partial charge in [-0.25, -0.2) is 0 Å². The monoisotopic (exact) mass is 259 g/mol. The molecule has 0 aliphatic carbocycles. The Morgan fingerprint density at radius 1 is 1.06 bits per heavy atom. The van der Waals surface area contributed by atoms with E-state index in [0.29, 0.717) is 0 Å². The third-order valence-electron chi connectivity index (χ3n) is 2.67. The zero-order valence-electron chi connectivity index (χ0n) is 10.6. The number of hydrogen-bond donors (Lipinski definition) is 1. The Labute approximate surface area is 112 Å². The molecule has 1 unspecified atom stereocenters. The number of ether oxygens (including phenoxy) is 1. The molecule has 0 bridgehead atoms. The summed E-state index contributed by atoms with van der Waals surface area (Å²) in [6, 6.07) is 16.3. The van der Waals surface area contributed by atoms with E-state index in [1.807, 2.05) is 37.3 Å². The molecule has 2 aromatic carbocycles. The van der Waals surface area contributed by atoms with Gasteiger partial charge in [-0.2, -0.15) is 0 Å². The first kappa shape index (κ1) is 13.0. The summed E-state index contributed by atoms with van der Waals surface area (Å²) in [5.41, 5.74) is 7.11. The van der Waals surface area contributed by atoms with Crippen LogP contribution in [0.5, 0.6) is 5.75 Å². The van der Waals surface area contributed by atoms with Gasteiger partial charge in [-0.05, 0) is 31.2 Å². The van der Waals surface area contributed by atoms with Crippen molar-refractivity contribution >= 4 is 11.8 Å². The van der Waals surface area contributed by atoms with E-state index in [9.17, 15) is 0 Å². The molecule has 18 heavy (non-hydrogen) atoms. The Kier molecular flexibility index (Phi) is 4.28. The summed E-state index contributed by atoms with van der Waals surface area (Å²) in [7, 11) is 1.68. The molecular weight excluding hydrogens is 242 g/mol. The predicted octanol–water partition coefficient (Wildman–Crippen LogP) is 3.87. The van der Waals surface area contributed by atoms with E-state index in [4.69, 9.17) is 10.5 Å². The molecule has 2 rings (SSSR count). The molecule has 0 heterocycles. The minimum Gasteiger partial charge on any atom is -0.496 e. The molecule has 2 N–H and O–H groups in total. The second kappa shape index (κ2) is 5.94. The molecule has 0 fully saturated rings. The van der Waals surface area contributed by atoms with Crippen LogP contribution in [0.2, 0.25) is 0 Å². The van der Waals surface area contributed by atoms with Crippen LogP contribution in [0.25, 0.3) is 0 Å². The van der Waals surface area contributed by atoms with Gasteiger partial charge in [-0.15, -0.1) is 0 Å². The molecule has 2 aromatic rings. The third-order valence-corrected chi connectivity index (χ3v) is 3.76. The highest BCUT2D eigenvalue weighted by molar-refractivity contribution is 7.99. The van der Waals surface area contributed by atoms with Crippen LogP contribution in [-0.4, -0.2) is 7.11 Å². The van der Waals surface area contributed by atoms with Crippen molar-refractivity contribution in [2.24, 2.45) is 5.73 Å². The molecule has 0 saturated heterocycles. The lowest BCUT2D eigenvalue weighted by atomic mass is 10.1. The third kappa shape index (κ3) is 2.86. The van der Waals surface area contributed by atoms with Crippen molar-refractivity contribution in [1.29, 1.82) is 0 Å². The molecule has 94 valence electrons. The maximum Gasteiger partial charge on any atom is 0.124 e. The Balaban J connectivity index is 2.38. The standard InChI is InChI=1S/C15H17NOS/c1-11(16)15-13(17-2)9-6-10-14(15)18-12-7-4-3-5-8-12/h3-11H,16H2,1-2H3. The Morgan fingerprint density at radius 3 is 2.39 bits per heavy atom. The van der Waals surface area contributed by atoms with Crippen molar-refractivity contribution in [1.82, 2.24) is 0 Å². The Morgan fingerprint density at radius 2 is 1.78 bits per heavy atom. The van der Waals surface area contributed by atoms with Gasteiger partial charge in [0.15, 0.2) is 0 Å². The SMILES string of the molecule is COc1cccc(Sc2ccccc2)c1C(C)N. The summed E-state index contributed by atoms with van der Waals surface area (Å²) in [5, 5.41) is 0. The van der Waals surface area contributed by atoms with Crippen LogP contribution in [-0.2, 0) is 0 Å². The molecule has 0 aromatic heterocycles. The van der Waals surface area contributed by atoms with Gasteiger partial charge in [-0.1, -0.05) is 36.0 Å². The van der Waals surface area contributed by atoms with Crippen LogP contribution >= 0.6 is 11.8 Å². The molecule has 0 radical (unpaired) electrons. The van der Waals surface area contributed by atoms with E-state index in [-0.39, 0.29) is 6.04 Å². The number of methoxy groups -OCH3 is 1. The van der Waals surface area contributed by atoms with Gasteiger partial charge < -0.3 is 10.5 Å².